The molecule has 7 nitrogen and oxygen atoms in total. The second-order valence-corrected chi connectivity index (χ2v) is 13.7. The van der Waals surface area contributed by atoms with E-state index in [1.165, 1.54) is 29.2 Å². The van der Waals surface area contributed by atoms with Crippen LogP contribution in [0.25, 0.3) is 0 Å². The van der Waals surface area contributed by atoms with Gasteiger partial charge in [-0.15, -0.1) is 0 Å². The summed E-state index contributed by atoms with van der Waals surface area (Å²) in [6.45, 7) is 3.16. The Bertz CT molecular complexity index is 1740. The highest BCUT2D eigenvalue weighted by molar-refractivity contribution is 7.92. The maximum absolute atomic E-state index is 14.6. The molecule has 1 unspecified atom stereocenters. The summed E-state index contributed by atoms with van der Waals surface area (Å²) < 4.78 is 43.4. The smallest absolute Gasteiger partial charge is 0.264 e. The zero-order chi connectivity index (χ0) is 32.7. The number of hydrogen-bond acceptors (Lipinski definition) is 4. The van der Waals surface area contributed by atoms with Gasteiger partial charge in [-0.3, -0.25) is 13.9 Å². The normalized spacial score (nSPS) is 14.1. The van der Waals surface area contributed by atoms with Gasteiger partial charge in [0.05, 0.1) is 10.6 Å². The van der Waals surface area contributed by atoms with Gasteiger partial charge < -0.3 is 10.2 Å². The third-order valence-electron chi connectivity index (χ3n) is 8.69. The van der Waals surface area contributed by atoms with E-state index in [1.54, 1.807) is 42.5 Å². The maximum Gasteiger partial charge on any atom is 0.264 e. The number of aryl methyl sites for hydroxylation is 1. The Labute approximate surface area is 271 Å². The minimum atomic E-state index is -4.19. The van der Waals surface area contributed by atoms with E-state index in [0.29, 0.717) is 11.3 Å². The van der Waals surface area contributed by atoms with Crippen LogP contribution in [0.5, 0.6) is 0 Å². The molecule has 9 heteroatoms. The lowest BCUT2D eigenvalue weighted by molar-refractivity contribution is -0.140. The molecular formula is C37H40FN3O4S. The Morgan fingerprint density at radius 2 is 1.46 bits per heavy atom. The lowest BCUT2D eigenvalue weighted by atomic mass is 10.0. The van der Waals surface area contributed by atoms with Gasteiger partial charge in [-0.25, -0.2) is 12.8 Å². The molecule has 2 amide bonds. The van der Waals surface area contributed by atoms with E-state index in [2.05, 4.69) is 5.32 Å². The number of nitrogens with zero attached hydrogens (tertiary/aromatic N) is 2. The molecule has 4 aromatic rings. The number of halogens is 1. The van der Waals surface area contributed by atoms with E-state index < -0.39 is 34.3 Å². The summed E-state index contributed by atoms with van der Waals surface area (Å²) in [6, 6.07) is 27.6. The second-order valence-electron chi connectivity index (χ2n) is 11.9. The Morgan fingerprint density at radius 1 is 0.826 bits per heavy atom. The highest BCUT2D eigenvalue weighted by Crippen LogP contribution is 2.29. The first-order valence-corrected chi connectivity index (χ1v) is 17.1. The number of carbonyl (C=O) groups excluding carboxylic acids is 2. The van der Waals surface area contributed by atoms with Crippen LogP contribution in [0.4, 0.5) is 10.1 Å². The lowest BCUT2D eigenvalue weighted by Gasteiger charge is -2.34. The zero-order valence-electron chi connectivity index (χ0n) is 26.2. The first kappa shape index (κ1) is 32.9. The van der Waals surface area contributed by atoms with Crippen LogP contribution in [-0.4, -0.2) is 43.8 Å². The van der Waals surface area contributed by atoms with E-state index in [0.717, 1.165) is 46.7 Å². The van der Waals surface area contributed by atoms with Crippen molar-refractivity contribution < 1.29 is 22.4 Å². The fourth-order valence-corrected chi connectivity index (χ4v) is 7.44. The van der Waals surface area contributed by atoms with E-state index in [1.807, 2.05) is 50.2 Å². The molecule has 1 saturated carbocycles. The third kappa shape index (κ3) is 7.83. The third-order valence-corrected chi connectivity index (χ3v) is 10.5. The van der Waals surface area contributed by atoms with Gasteiger partial charge in [0, 0.05) is 19.0 Å². The number of rotatable bonds is 12. The summed E-state index contributed by atoms with van der Waals surface area (Å²) in [7, 11) is -4.19. The Kier molecular flexibility index (Phi) is 10.5. The van der Waals surface area contributed by atoms with E-state index in [9.17, 15) is 22.4 Å². The molecule has 46 heavy (non-hydrogen) atoms. The predicted octanol–water partition coefficient (Wildman–Crippen LogP) is 6.34. The van der Waals surface area contributed by atoms with Crippen LogP contribution in [0.2, 0.25) is 0 Å². The van der Waals surface area contributed by atoms with Crippen molar-refractivity contribution in [2.75, 3.05) is 10.8 Å². The number of sulfonamides is 1. The number of nitrogens with one attached hydrogen (secondary N) is 1. The van der Waals surface area contributed by atoms with Crippen molar-refractivity contribution in [1.29, 1.82) is 0 Å². The first-order valence-electron chi connectivity index (χ1n) is 15.7. The second kappa shape index (κ2) is 14.7. The van der Waals surface area contributed by atoms with Crippen molar-refractivity contribution in [1.82, 2.24) is 10.2 Å². The summed E-state index contributed by atoms with van der Waals surface area (Å²) >= 11 is 0. The van der Waals surface area contributed by atoms with Crippen LogP contribution in [0.1, 0.15) is 47.9 Å². The Balaban J connectivity index is 1.58. The van der Waals surface area contributed by atoms with Gasteiger partial charge >= 0.3 is 0 Å². The van der Waals surface area contributed by atoms with Gasteiger partial charge in [-0.1, -0.05) is 85.6 Å². The molecule has 1 aliphatic rings. The molecule has 0 aromatic heterocycles. The van der Waals surface area contributed by atoms with Crippen LogP contribution in [0.15, 0.2) is 108 Å². The van der Waals surface area contributed by atoms with E-state index in [-0.39, 0.29) is 29.8 Å². The summed E-state index contributed by atoms with van der Waals surface area (Å²) in [5.41, 5.74) is 3.45. The van der Waals surface area contributed by atoms with Crippen LogP contribution < -0.4 is 9.62 Å². The summed E-state index contributed by atoms with van der Waals surface area (Å²) in [5.74, 6) is -1.26. The lowest BCUT2D eigenvalue weighted by Crippen LogP contribution is -2.54. The molecule has 0 spiro atoms. The molecule has 1 fully saturated rings. The van der Waals surface area contributed by atoms with Crippen LogP contribution in [0.3, 0.4) is 0 Å². The molecule has 240 valence electrons. The van der Waals surface area contributed by atoms with Crippen molar-refractivity contribution in [2.24, 2.45) is 0 Å². The first-order chi connectivity index (χ1) is 22.1. The average molecular weight is 642 g/mol. The number of anilines is 1. The number of amides is 2. The number of carbonyl (C=O) groups is 2. The average Bonchev–Trinajstić information content (AvgIpc) is 3.57. The number of hydrogen-bond donors (Lipinski definition) is 1. The maximum atomic E-state index is 14.6. The molecule has 0 radical (unpaired) electrons. The quantitative estimate of drug-likeness (QED) is 0.196. The molecule has 5 rings (SSSR count). The summed E-state index contributed by atoms with van der Waals surface area (Å²) in [4.78, 5) is 30.2. The van der Waals surface area contributed by atoms with Crippen molar-refractivity contribution >= 4 is 27.5 Å². The van der Waals surface area contributed by atoms with Crippen molar-refractivity contribution in [2.45, 2.75) is 69.5 Å². The van der Waals surface area contributed by atoms with Gasteiger partial charge in [0.15, 0.2) is 0 Å². The van der Waals surface area contributed by atoms with Gasteiger partial charge in [-0.05, 0) is 79.3 Å². The molecule has 0 bridgehead atoms. The van der Waals surface area contributed by atoms with Gasteiger partial charge in [0.1, 0.15) is 18.4 Å². The molecule has 0 aliphatic heterocycles. The molecule has 0 saturated heterocycles. The summed E-state index contributed by atoms with van der Waals surface area (Å²) in [6.07, 6.45) is 4.00. The van der Waals surface area contributed by atoms with Gasteiger partial charge in [0.25, 0.3) is 10.0 Å². The van der Waals surface area contributed by atoms with Crippen molar-refractivity contribution in [3.8, 4) is 0 Å². The largest absolute Gasteiger partial charge is 0.352 e. The highest BCUT2D eigenvalue weighted by Gasteiger charge is 2.36. The zero-order valence-corrected chi connectivity index (χ0v) is 27.0. The minimum absolute atomic E-state index is 0.0125. The predicted molar refractivity (Wildman–Crippen MR) is 178 cm³/mol. The standard InChI is InChI=1S/C37H40FN3O4S/c1-27-12-11-19-34(28(27)2)41(46(44,45)33-17-7-4-8-18-33)26-36(42)40(25-30-20-22-31(38)23-21-30)35(24-29-13-5-3-6-14-29)37(43)39-32-15-9-10-16-32/h3-8,11-14,17-23,32,35H,9-10,15-16,24-26H2,1-2H3,(H,39,43). The summed E-state index contributed by atoms with van der Waals surface area (Å²) in [5, 5.41) is 3.16. The molecule has 1 aliphatic carbocycles. The molecule has 1 atom stereocenters. The van der Waals surface area contributed by atoms with Crippen LogP contribution in [0, 0.1) is 19.7 Å². The fraction of sp³-hybridized carbons (Fsp3) is 0.297. The van der Waals surface area contributed by atoms with Crippen molar-refractivity contribution in [3.05, 3.63) is 131 Å². The van der Waals surface area contributed by atoms with Crippen LogP contribution in [-0.2, 0) is 32.6 Å². The minimum Gasteiger partial charge on any atom is -0.352 e. The van der Waals surface area contributed by atoms with Crippen LogP contribution >= 0.6 is 0 Å². The monoisotopic (exact) mass is 641 g/mol. The highest BCUT2D eigenvalue weighted by atomic mass is 32.2. The van der Waals surface area contributed by atoms with E-state index >= 15 is 0 Å². The van der Waals surface area contributed by atoms with E-state index in [4.69, 9.17) is 0 Å². The SMILES string of the molecule is Cc1cccc(N(CC(=O)N(Cc2ccc(F)cc2)C(Cc2ccccc2)C(=O)NC2CCCC2)S(=O)(=O)c2ccccc2)c1C. The Hall–Kier alpha value is -4.50. The Morgan fingerprint density at radius 3 is 2.11 bits per heavy atom. The fourth-order valence-electron chi connectivity index (χ4n) is 5.95. The van der Waals surface area contributed by atoms with Crippen molar-refractivity contribution in [3.63, 3.8) is 0 Å². The molecular weight excluding hydrogens is 601 g/mol. The molecule has 1 N–H and O–H groups in total. The molecule has 0 heterocycles. The topological polar surface area (TPSA) is 86.8 Å². The van der Waals surface area contributed by atoms with Gasteiger partial charge in [-0.2, -0.15) is 0 Å². The molecule has 4 aromatic carbocycles. The van der Waals surface area contributed by atoms with Gasteiger partial charge in [0.2, 0.25) is 11.8 Å². The number of benzene rings is 4.